The first-order valence-electron chi connectivity index (χ1n) is 7.66. The monoisotopic (exact) mass is 398 g/mol. The fourth-order valence-electron chi connectivity index (χ4n) is 2.15. The molecule has 25 heavy (non-hydrogen) atoms. The predicted molar refractivity (Wildman–Crippen MR) is 101 cm³/mol. The van der Waals surface area contributed by atoms with Crippen LogP contribution in [-0.4, -0.2) is 24.9 Å². The van der Waals surface area contributed by atoms with Gasteiger partial charge in [-0.3, -0.25) is 9.59 Å². The van der Waals surface area contributed by atoms with E-state index in [4.69, 9.17) is 34.8 Å². The quantitative estimate of drug-likeness (QED) is 0.746. The van der Waals surface area contributed by atoms with Crippen LogP contribution in [0.5, 0.6) is 0 Å². The number of carbonyl (C=O) groups excluding carboxylic acids is 2. The molecule has 0 fully saturated rings. The second kappa shape index (κ2) is 9.66. The van der Waals surface area contributed by atoms with Gasteiger partial charge in [0.25, 0.3) is 0 Å². The van der Waals surface area contributed by atoms with E-state index >= 15 is 0 Å². The molecule has 0 spiro atoms. The molecule has 2 rings (SSSR count). The SMILES string of the molecule is O=C(CNC(=O)Cc1ccc(Cl)cc1)NCCc1ccc(Cl)cc1Cl. The maximum Gasteiger partial charge on any atom is 0.239 e. The zero-order valence-electron chi connectivity index (χ0n) is 13.3. The minimum absolute atomic E-state index is 0.0687. The smallest absolute Gasteiger partial charge is 0.239 e. The number of halogens is 3. The molecule has 0 bridgehead atoms. The molecule has 0 aromatic heterocycles. The topological polar surface area (TPSA) is 58.2 Å². The van der Waals surface area contributed by atoms with Gasteiger partial charge in [-0.1, -0.05) is 53.0 Å². The van der Waals surface area contributed by atoms with Gasteiger partial charge in [0.15, 0.2) is 0 Å². The highest BCUT2D eigenvalue weighted by Gasteiger charge is 2.07. The number of amides is 2. The summed E-state index contributed by atoms with van der Waals surface area (Å²) in [5.74, 6) is -0.479. The van der Waals surface area contributed by atoms with Gasteiger partial charge in [-0.05, 0) is 41.8 Å². The van der Waals surface area contributed by atoms with Gasteiger partial charge in [-0.2, -0.15) is 0 Å². The van der Waals surface area contributed by atoms with Crippen LogP contribution in [0, 0.1) is 0 Å². The van der Waals surface area contributed by atoms with E-state index in [1.807, 2.05) is 6.07 Å². The van der Waals surface area contributed by atoms with Gasteiger partial charge >= 0.3 is 0 Å². The van der Waals surface area contributed by atoms with Gasteiger partial charge in [0.1, 0.15) is 0 Å². The Morgan fingerprint density at radius 3 is 2.20 bits per heavy atom. The third kappa shape index (κ3) is 6.94. The Morgan fingerprint density at radius 1 is 0.840 bits per heavy atom. The molecule has 0 aliphatic carbocycles. The number of hydrogen-bond acceptors (Lipinski definition) is 2. The van der Waals surface area contributed by atoms with Crippen LogP contribution in [0.25, 0.3) is 0 Å². The maximum absolute atomic E-state index is 11.8. The molecule has 0 saturated carbocycles. The predicted octanol–water partition coefficient (Wildman–Crippen LogP) is 3.66. The van der Waals surface area contributed by atoms with Gasteiger partial charge < -0.3 is 10.6 Å². The van der Waals surface area contributed by atoms with Crippen molar-refractivity contribution in [1.82, 2.24) is 10.6 Å². The highest BCUT2D eigenvalue weighted by atomic mass is 35.5. The average molecular weight is 400 g/mol. The molecule has 0 unspecified atom stereocenters. The first-order valence-corrected chi connectivity index (χ1v) is 8.79. The summed E-state index contributed by atoms with van der Waals surface area (Å²) in [6, 6.07) is 12.2. The van der Waals surface area contributed by atoms with Crippen LogP contribution < -0.4 is 10.6 Å². The molecule has 4 nitrogen and oxygen atoms in total. The number of rotatable bonds is 7. The first kappa shape index (κ1) is 19.6. The van der Waals surface area contributed by atoms with E-state index < -0.39 is 0 Å². The summed E-state index contributed by atoms with van der Waals surface area (Å²) in [5.41, 5.74) is 1.73. The fraction of sp³-hybridized carbons (Fsp3) is 0.222. The lowest BCUT2D eigenvalue weighted by molar-refractivity contribution is -0.125. The highest BCUT2D eigenvalue weighted by Crippen LogP contribution is 2.21. The molecule has 2 aromatic carbocycles. The Labute approximate surface area is 161 Å². The Balaban J connectivity index is 1.68. The summed E-state index contributed by atoms with van der Waals surface area (Å²) < 4.78 is 0. The lowest BCUT2D eigenvalue weighted by Gasteiger charge is -2.08. The van der Waals surface area contributed by atoms with E-state index in [1.165, 1.54) is 0 Å². The normalized spacial score (nSPS) is 10.4. The van der Waals surface area contributed by atoms with Crippen LogP contribution in [0.3, 0.4) is 0 Å². The molecule has 132 valence electrons. The van der Waals surface area contributed by atoms with Crippen LogP contribution in [-0.2, 0) is 22.4 Å². The molecule has 0 aliphatic heterocycles. The number of carbonyl (C=O) groups is 2. The summed E-state index contributed by atoms with van der Waals surface area (Å²) in [5, 5.41) is 7.08. The molecule has 0 heterocycles. The number of hydrogen-bond donors (Lipinski definition) is 2. The number of benzene rings is 2. The first-order chi connectivity index (χ1) is 11.9. The van der Waals surface area contributed by atoms with Crippen LogP contribution in [0.15, 0.2) is 42.5 Å². The van der Waals surface area contributed by atoms with E-state index in [0.717, 1.165) is 11.1 Å². The zero-order valence-corrected chi connectivity index (χ0v) is 15.6. The second-order valence-corrected chi connectivity index (χ2v) is 6.70. The summed E-state index contributed by atoms with van der Waals surface area (Å²) >= 11 is 17.7. The summed E-state index contributed by atoms with van der Waals surface area (Å²) in [7, 11) is 0. The van der Waals surface area contributed by atoms with Crippen LogP contribution >= 0.6 is 34.8 Å². The maximum atomic E-state index is 11.8. The van der Waals surface area contributed by atoms with Gasteiger partial charge in [0, 0.05) is 21.6 Å². The van der Waals surface area contributed by atoms with Crippen molar-refractivity contribution in [3.63, 3.8) is 0 Å². The molecule has 0 atom stereocenters. The third-order valence-corrected chi connectivity index (χ3v) is 4.29. The Morgan fingerprint density at radius 2 is 1.52 bits per heavy atom. The highest BCUT2D eigenvalue weighted by molar-refractivity contribution is 6.35. The van der Waals surface area contributed by atoms with Crippen molar-refractivity contribution in [2.45, 2.75) is 12.8 Å². The van der Waals surface area contributed by atoms with Crippen molar-refractivity contribution in [3.05, 3.63) is 68.7 Å². The van der Waals surface area contributed by atoms with Gasteiger partial charge in [0.2, 0.25) is 11.8 Å². The molecular formula is C18H17Cl3N2O2. The Hall–Kier alpha value is -1.75. The van der Waals surface area contributed by atoms with Crippen molar-refractivity contribution in [2.75, 3.05) is 13.1 Å². The lowest BCUT2D eigenvalue weighted by atomic mass is 10.1. The van der Waals surface area contributed by atoms with Crippen molar-refractivity contribution in [2.24, 2.45) is 0 Å². The molecule has 0 aliphatic rings. The van der Waals surface area contributed by atoms with Crippen molar-refractivity contribution in [1.29, 1.82) is 0 Å². The van der Waals surface area contributed by atoms with Crippen molar-refractivity contribution in [3.8, 4) is 0 Å². The minimum atomic E-state index is -0.255. The van der Waals surface area contributed by atoms with Crippen LogP contribution in [0.4, 0.5) is 0 Å². The molecule has 2 aromatic rings. The standard InChI is InChI=1S/C18H17Cl3N2O2/c19-14-4-1-12(2-5-14)9-17(24)23-11-18(25)22-8-7-13-3-6-15(20)10-16(13)21/h1-6,10H,7-9,11H2,(H,22,25)(H,23,24). The Bertz CT molecular complexity index is 748. The largest absolute Gasteiger partial charge is 0.354 e. The van der Waals surface area contributed by atoms with E-state index in [0.29, 0.717) is 28.0 Å². The second-order valence-electron chi connectivity index (χ2n) is 5.42. The zero-order chi connectivity index (χ0) is 18.2. The van der Waals surface area contributed by atoms with Crippen LogP contribution in [0.2, 0.25) is 15.1 Å². The fourth-order valence-corrected chi connectivity index (χ4v) is 2.78. The molecule has 0 radical (unpaired) electrons. The average Bonchev–Trinajstić information content (AvgIpc) is 2.57. The van der Waals surface area contributed by atoms with E-state index in [9.17, 15) is 9.59 Å². The van der Waals surface area contributed by atoms with E-state index in [1.54, 1.807) is 36.4 Å². The molecule has 2 N–H and O–H groups in total. The van der Waals surface area contributed by atoms with Gasteiger partial charge in [-0.15, -0.1) is 0 Å². The summed E-state index contributed by atoms with van der Waals surface area (Å²) in [6.07, 6.45) is 0.783. The summed E-state index contributed by atoms with van der Waals surface area (Å²) in [4.78, 5) is 23.6. The minimum Gasteiger partial charge on any atom is -0.354 e. The summed E-state index contributed by atoms with van der Waals surface area (Å²) in [6.45, 7) is 0.355. The lowest BCUT2D eigenvalue weighted by Crippen LogP contribution is -2.38. The Kier molecular flexibility index (Phi) is 7.56. The molecular weight excluding hydrogens is 383 g/mol. The molecule has 7 heteroatoms. The molecule has 2 amide bonds. The van der Waals surface area contributed by atoms with Crippen LogP contribution in [0.1, 0.15) is 11.1 Å². The van der Waals surface area contributed by atoms with Gasteiger partial charge in [-0.25, -0.2) is 0 Å². The van der Waals surface area contributed by atoms with E-state index in [2.05, 4.69) is 10.6 Å². The molecule has 0 saturated heterocycles. The number of nitrogens with one attached hydrogen (secondary N) is 2. The van der Waals surface area contributed by atoms with Gasteiger partial charge in [0.05, 0.1) is 13.0 Å². The van der Waals surface area contributed by atoms with Crippen molar-refractivity contribution >= 4 is 46.6 Å². The third-order valence-electron chi connectivity index (χ3n) is 3.46. The van der Waals surface area contributed by atoms with E-state index in [-0.39, 0.29) is 24.8 Å². The van der Waals surface area contributed by atoms with Crippen molar-refractivity contribution < 1.29 is 9.59 Å².